The van der Waals surface area contributed by atoms with E-state index in [1.165, 1.54) is 5.56 Å². The third kappa shape index (κ3) is 6.52. The van der Waals surface area contributed by atoms with Gasteiger partial charge in [-0.2, -0.15) is 0 Å². The monoisotopic (exact) mass is 526 g/mol. The van der Waals surface area contributed by atoms with E-state index < -0.39 is 0 Å². The van der Waals surface area contributed by atoms with Crippen molar-refractivity contribution in [2.75, 3.05) is 45.4 Å². The molecule has 6 heteroatoms. The van der Waals surface area contributed by atoms with E-state index in [9.17, 15) is 4.79 Å². The third-order valence-corrected chi connectivity index (χ3v) is 7.62. The van der Waals surface area contributed by atoms with Gasteiger partial charge in [0.05, 0.1) is 13.2 Å². The standard InChI is InChI=1S/C33H38N2O4/c1-4-38-31-12-7-25(8-13-31)26-9-14-32-28(21-26)22-27(15-20-39-32)33(36)35(3)30-10-5-24(6-11-30)23-34(2)29-16-18-37-19-17-29/h5-14,21-22,29H,4,15-20,23H2,1-3H3. The average Bonchev–Trinajstić information content (AvgIpc) is 3.20. The number of amides is 1. The molecule has 2 aliphatic rings. The van der Waals surface area contributed by atoms with Crippen LogP contribution in [-0.2, 0) is 16.1 Å². The Morgan fingerprint density at radius 1 is 0.923 bits per heavy atom. The number of anilines is 1. The van der Waals surface area contributed by atoms with E-state index in [4.69, 9.17) is 14.2 Å². The average molecular weight is 527 g/mol. The summed E-state index contributed by atoms with van der Waals surface area (Å²) in [5.41, 5.74) is 5.94. The smallest absolute Gasteiger partial charge is 0.254 e. The fourth-order valence-corrected chi connectivity index (χ4v) is 5.28. The van der Waals surface area contributed by atoms with Crippen molar-refractivity contribution in [2.45, 2.75) is 38.8 Å². The second-order valence-electron chi connectivity index (χ2n) is 10.3. The van der Waals surface area contributed by atoms with Gasteiger partial charge in [0, 0.05) is 56.1 Å². The van der Waals surface area contributed by atoms with E-state index in [1.807, 2.05) is 50.4 Å². The minimum atomic E-state index is -0.00926. The number of rotatable bonds is 8. The molecule has 3 aromatic carbocycles. The molecule has 204 valence electrons. The maximum atomic E-state index is 13.6. The van der Waals surface area contributed by atoms with Crippen LogP contribution in [0.25, 0.3) is 17.2 Å². The Kier molecular flexibility index (Phi) is 8.64. The predicted molar refractivity (Wildman–Crippen MR) is 156 cm³/mol. The van der Waals surface area contributed by atoms with Crippen LogP contribution in [0, 0.1) is 0 Å². The van der Waals surface area contributed by atoms with E-state index in [0.29, 0.717) is 25.7 Å². The lowest BCUT2D eigenvalue weighted by Crippen LogP contribution is -2.36. The molecule has 1 fully saturated rings. The molecule has 0 unspecified atom stereocenters. The molecule has 0 aromatic heterocycles. The number of hydrogen-bond acceptors (Lipinski definition) is 5. The molecule has 3 aromatic rings. The Morgan fingerprint density at radius 2 is 1.64 bits per heavy atom. The Labute approximate surface area is 231 Å². The van der Waals surface area contributed by atoms with Crippen molar-refractivity contribution in [1.29, 1.82) is 0 Å². The van der Waals surface area contributed by atoms with Gasteiger partial charge in [-0.25, -0.2) is 0 Å². The van der Waals surface area contributed by atoms with Crippen molar-refractivity contribution in [3.63, 3.8) is 0 Å². The van der Waals surface area contributed by atoms with E-state index in [1.54, 1.807) is 4.90 Å². The van der Waals surface area contributed by atoms with Crippen LogP contribution in [0.5, 0.6) is 11.5 Å². The third-order valence-electron chi connectivity index (χ3n) is 7.62. The molecular formula is C33H38N2O4. The first-order valence-corrected chi connectivity index (χ1v) is 13.9. The molecule has 0 atom stereocenters. The molecule has 2 aliphatic heterocycles. The fourth-order valence-electron chi connectivity index (χ4n) is 5.28. The van der Waals surface area contributed by atoms with Crippen LogP contribution >= 0.6 is 0 Å². The van der Waals surface area contributed by atoms with Crippen LogP contribution in [-0.4, -0.2) is 57.4 Å². The Morgan fingerprint density at radius 3 is 2.36 bits per heavy atom. The minimum Gasteiger partial charge on any atom is -0.494 e. The van der Waals surface area contributed by atoms with Crippen LogP contribution < -0.4 is 14.4 Å². The molecule has 0 saturated carbocycles. The van der Waals surface area contributed by atoms with Crippen molar-refractivity contribution in [3.05, 3.63) is 83.4 Å². The molecule has 1 amide bonds. The zero-order valence-corrected chi connectivity index (χ0v) is 23.2. The van der Waals surface area contributed by atoms with Gasteiger partial charge in [0.2, 0.25) is 0 Å². The normalized spacial score (nSPS) is 15.6. The summed E-state index contributed by atoms with van der Waals surface area (Å²) in [5, 5.41) is 0. The largest absolute Gasteiger partial charge is 0.494 e. The van der Waals surface area contributed by atoms with Crippen LogP contribution in [0.4, 0.5) is 5.69 Å². The van der Waals surface area contributed by atoms with Gasteiger partial charge < -0.3 is 19.1 Å². The maximum Gasteiger partial charge on any atom is 0.254 e. The summed E-state index contributed by atoms with van der Waals surface area (Å²) < 4.78 is 17.1. The van der Waals surface area contributed by atoms with Gasteiger partial charge in [-0.3, -0.25) is 9.69 Å². The number of hydrogen-bond donors (Lipinski definition) is 0. The SMILES string of the molecule is CCOc1ccc(-c2ccc3c(c2)C=C(C(=O)N(C)c2ccc(CN(C)C4CCOCC4)cc2)CCO3)cc1. The second kappa shape index (κ2) is 12.5. The fraction of sp³-hybridized carbons (Fsp3) is 0.364. The molecule has 0 bridgehead atoms. The first kappa shape index (κ1) is 27.0. The topological polar surface area (TPSA) is 51.2 Å². The first-order chi connectivity index (χ1) is 19.0. The number of carbonyl (C=O) groups is 1. The molecule has 0 radical (unpaired) electrons. The van der Waals surface area contributed by atoms with Crippen LogP contribution in [0.3, 0.4) is 0 Å². The Bertz CT molecular complexity index is 1290. The Hall–Kier alpha value is -3.61. The van der Waals surface area contributed by atoms with Gasteiger partial charge in [-0.15, -0.1) is 0 Å². The summed E-state index contributed by atoms with van der Waals surface area (Å²) in [6.45, 7) is 5.66. The predicted octanol–water partition coefficient (Wildman–Crippen LogP) is 6.19. The van der Waals surface area contributed by atoms with Gasteiger partial charge in [0.15, 0.2) is 0 Å². The molecule has 2 heterocycles. The maximum absolute atomic E-state index is 13.6. The lowest BCUT2D eigenvalue weighted by molar-refractivity contribution is -0.115. The molecule has 5 rings (SSSR count). The van der Waals surface area contributed by atoms with E-state index in [0.717, 1.165) is 72.1 Å². The van der Waals surface area contributed by atoms with Crippen molar-refractivity contribution in [2.24, 2.45) is 0 Å². The lowest BCUT2D eigenvalue weighted by Gasteiger charge is -2.31. The van der Waals surface area contributed by atoms with Crippen molar-refractivity contribution in [3.8, 4) is 22.6 Å². The van der Waals surface area contributed by atoms with E-state index in [-0.39, 0.29) is 5.91 Å². The van der Waals surface area contributed by atoms with Gasteiger partial charge in [-0.1, -0.05) is 30.3 Å². The summed E-state index contributed by atoms with van der Waals surface area (Å²) in [6.07, 6.45) is 4.70. The number of carbonyl (C=O) groups excluding carboxylic acids is 1. The van der Waals surface area contributed by atoms with Gasteiger partial charge in [0.25, 0.3) is 5.91 Å². The zero-order chi connectivity index (χ0) is 27.2. The second-order valence-corrected chi connectivity index (χ2v) is 10.3. The van der Waals surface area contributed by atoms with Gasteiger partial charge >= 0.3 is 0 Å². The van der Waals surface area contributed by atoms with Crippen LogP contribution in [0.1, 0.15) is 37.3 Å². The highest BCUT2D eigenvalue weighted by atomic mass is 16.5. The van der Waals surface area contributed by atoms with Crippen LogP contribution in [0.2, 0.25) is 0 Å². The molecule has 39 heavy (non-hydrogen) atoms. The summed E-state index contributed by atoms with van der Waals surface area (Å²) in [5.74, 6) is 1.65. The van der Waals surface area contributed by atoms with E-state index >= 15 is 0 Å². The summed E-state index contributed by atoms with van der Waals surface area (Å²) in [7, 11) is 4.02. The zero-order valence-electron chi connectivity index (χ0n) is 23.2. The molecule has 6 nitrogen and oxygen atoms in total. The highest BCUT2D eigenvalue weighted by molar-refractivity contribution is 6.08. The van der Waals surface area contributed by atoms with Crippen molar-refractivity contribution >= 4 is 17.7 Å². The van der Waals surface area contributed by atoms with Crippen molar-refractivity contribution in [1.82, 2.24) is 4.90 Å². The molecule has 0 spiro atoms. The summed E-state index contributed by atoms with van der Waals surface area (Å²) in [6, 6.07) is 23.1. The first-order valence-electron chi connectivity index (χ1n) is 13.9. The van der Waals surface area contributed by atoms with Gasteiger partial charge in [0.1, 0.15) is 11.5 Å². The Balaban J connectivity index is 1.29. The molecule has 0 aliphatic carbocycles. The molecule has 0 N–H and O–H groups in total. The van der Waals surface area contributed by atoms with E-state index in [2.05, 4.69) is 48.3 Å². The summed E-state index contributed by atoms with van der Waals surface area (Å²) in [4.78, 5) is 17.7. The number of ether oxygens (including phenoxy) is 3. The molecular weight excluding hydrogens is 488 g/mol. The number of likely N-dealkylation sites (N-methyl/N-ethyl adjacent to an activating group) is 1. The van der Waals surface area contributed by atoms with Crippen molar-refractivity contribution < 1.29 is 19.0 Å². The quantitative estimate of drug-likeness (QED) is 0.350. The number of benzene rings is 3. The number of fused-ring (bicyclic) bond motifs is 1. The minimum absolute atomic E-state index is 0.00926. The van der Waals surface area contributed by atoms with Crippen LogP contribution in [0.15, 0.2) is 72.3 Å². The molecule has 1 saturated heterocycles. The highest BCUT2D eigenvalue weighted by Gasteiger charge is 2.21. The summed E-state index contributed by atoms with van der Waals surface area (Å²) >= 11 is 0. The lowest BCUT2D eigenvalue weighted by atomic mass is 10.0. The van der Waals surface area contributed by atoms with Gasteiger partial charge in [-0.05, 0) is 86.0 Å². The number of nitrogens with zero attached hydrogens (tertiary/aromatic N) is 2. The highest BCUT2D eigenvalue weighted by Crippen LogP contribution is 2.32.